The number of carboxylic acids is 1. The van der Waals surface area contributed by atoms with Crippen LogP contribution in [-0.2, 0) is 40.0 Å². The first-order valence-electron chi connectivity index (χ1n) is 21.7. The fourth-order valence-electron chi connectivity index (χ4n) is 7.43. The summed E-state index contributed by atoms with van der Waals surface area (Å²) in [6, 6.07) is 34.2. The van der Waals surface area contributed by atoms with Gasteiger partial charge in [0.15, 0.2) is 0 Å². The SMILES string of the molecule is CCc1cccc(C)c1C(=S)NC(Cc1ccc(NC(=O)c2c(Cl)cccc2Cl)cc1)C(=O)O.CCc1cccc(C)c1C(=S)NC(Cc1ccc(NC(=O)c2c(Cl)cccc2Cl)cc1)C(=O)OC. The number of hydrogen-bond acceptors (Lipinski definition) is 7. The highest BCUT2D eigenvalue weighted by Crippen LogP contribution is 2.27. The van der Waals surface area contributed by atoms with E-state index in [1.807, 2.05) is 69.3 Å². The lowest BCUT2D eigenvalue weighted by molar-refractivity contribution is -0.142. The molecule has 10 nitrogen and oxygen atoms in total. The molecular weight excluding hydrogens is 995 g/mol. The Hall–Kier alpha value is -5.86. The number of rotatable bonds is 16. The van der Waals surface area contributed by atoms with E-state index in [0.29, 0.717) is 27.8 Å². The molecule has 0 bridgehead atoms. The van der Waals surface area contributed by atoms with Gasteiger partial charge in [-0.05, 0) is 109 Å². The second-order valence-electron chi connectivity index (χ2n) is 15.7. The van der Waals surface area contributed by atoms with Crippen molar-refractivity contribution in [2.75, 3.05) is 17.7 Å². The zero-order valence-electron chi connectivity index (χ0n) is 38.3. The molecule has 2 amide bonds. The van der Waals surface area contributed by atoms with E-state index in [1.54, 1.807) is 72.8 Å². The standard InChI is InChI=1S/C27H26Cl2N2O3S.C26H24Cl2N2O3S/c1-4-18-8-5-7-16(2)23(18)26(35)31-22(27(33)34-3)15-17-11-13-19(14-12-17)30-25(32)24-20(28)9-6-10-21(24)29;1-3-17-7-4-6-15(2)22(17)25(34)30-21(26(32)33)14-16-10-12-18(13-11-16)29-24(31)23-19(27)8-5-9-20(23)28/h5-14,22H,4,15H2,1-3H3,(H,30,32)(H,31,35);4-13,21H,3,14H2,1-2H3,(H,29,31)(H,30,34)(H,32,33). The summed E-state index contributed by atoms with van der Waals surface area (Å²) >= 11 is 35.7. The number of benzene rings is 6. The monoisotopic (exact) mass is 1040 g/mol. The van der Waals surface area contributed by atoms with E-state index in [2.05, 4.69) is 28.2 Å². The Kier molecular flexibility index (Phi) is 20.1. The summed E-state index contributed by atoms with van der Waals surface area (Å²) in [5, 5.41) is 22.6. The van der Waals surface area contributed by atoms with E-state index in [4.69, 9.17) is 75.6 Å². The molecule has 0 saturated carbocycles. The van der Waals surface area contributed by atoms with E-state index in [1.165, 1.54) is 7.11 Å². The average Bonchev–Trinajstić information content (AvgIpc) is 3.31. The third-order valence-electron chi connectivity index (χ3n) is 11.0. The number of ether oxygens (including phenoxy) is 1. The number of esters is 1. The minimum Gasteiger partial charge on any atom is -0.480 e. The summed E-state index contributed by atoms with van der Waals surface area (Å²) < 4.78 is 5.01. The van der Waals surface area contributed by atoms with Crippen molar-refractivity contribution in [3.05, 3.63) is 197 Å². The van der Waals surface area contributed by atoms with Crippen LogP contribution >= 0.6 is 70.8 Å². The summed E-state index contributed by atoms with van der Waals surface area (Å²) in [5.41, 5.74) is 9.20. The molecule has 2 atom stereocenters. The van der Waals surface area contributed by atoms with Gasteiger partial charge < -0.3 is 31.1 Å². The van der Waals surface area contributed by atoms with Gasteiger partial charge in [-0.2, -0.15) is 0 Å². The van der Waals surface area contributed by atoms with Crippen LogP contribution in [0.2, 0.25) is 20.1 Å². The number of anilines is 2. The van der Waals surface area contributed by atoms with Gasteiger partial charge in [0.2, 0.25) is 0 Å². The predicted molar refractivity (Wildman–Crippen MR) is 287 cm³/mol. The van der Waals surface area contributed by atoms with Gasteiger partial charge in [0.1, 0.15) is 22.1 Å². The lowest BCUT2D eigenvalue weighted by Crippen LogP contribution is -2.43. The van der Waals surface area contributed by atoms with Crippen molar-refractivity contribution in [1.29, 1.82) is 0 Å². The molecule has 0 spiro atoms. The molecule has 0 heterocycles. The first kappa shape index (κ1) is 54.1. The maximum atomic E-state index is 12.6. The molecule has 2 unspecified atom stereocenters. The van der Waals surface area contributed by atoms with Crippen LogP contribution in [0.25, 0.3) is 0 Å². The Morgan fingerprint density at radius 1 is 0.536 bits per heavy atom. The average molecular weight is 1040 g/mol. The fraction of sp³-hybridized carbons (Fsp3) is 0.208. The summed E-state index contributed by atoms with van der Waals surface area (Å²) in [5.74, 6) is -2.24. The van der Waals surface area contributed by atoms with Gasteiger partial charge in [-0.3, -0.25) is 9.59 Å². The number of amides is 2. The smallest absolute Gasteiger partial charge is 0.328 e. The van der Waals surface area contributed by atoms with Gasteiger partial charge >= 0.3 is 11.9 Å². The molecule has 6 aromatic rings. The minimum atomic E-state index is -1.00. The number of halogens is 4. The molecule has 0 aliphatic rings. The van der Waals surface area contributed by atoms with Crippen LogP contribution in [0, 0.1) is 13.8 Å². The second kappa shape index (κ2) is 25.7. The maximum absolute atomic E-state index is 12.6. The van der Waals surface area contributed by atoms with E-state index >= 15 is 0 Å². The Morgan fingerprint density at radius 3 is 1.23 bits per heavy atom. The number of methoxy groups -OCH3 is 1. The first-order chi connectivity index (χ1) is 32.9. The van der Waals surface area contributed by atoms with Gasteiger partial charge in [-0.1, -0.05) is 157 Å². The normalized spacial score (nSPS) is 11.5. The summed E-state index contributed by atoms with van der Waals surface area (Å²) in [6.45, 7) is 8.06. The molecule has 358 valence electrons. The molecule has 0 radical (unpaired) electrons. The fourth-order valence-corrected chi connectivity index (χ4v) is 9.44. The van der Waals surface area contributed by atoms with E-state index in [-0.39, 0.29) is 37.6 Å². The lowest BCUT2D eigenvalue weighted by Gasteiger charge is -2.21. The van der Waals surface area contributed by atoms with Crippen LogP contribution < -0.4 is 21.3 Å². The Balaban J connectivity index is 0.000000258. The molecule has 0 aliphatic carbocycles. The highest BCUT2D eigenvalue weighted by molar-refractivity contribution is 7.81. The van der Waals surface area contributed by atoms with Crippen molar-refractivity contribution in [3.8, 4) is 0 Å². The van der Waals surface area contributed by atoms with Crippen LogP contribution in [-0.4, -0.2) is 58.0 Å². The van der Waals surface area contributed by atoms with Crippen LogP contribution in [0.4, 0.5) is 11.4 Å². The lowest BCUT2D eigenvalue weighted by atomic mass is 9.99. The van der Waals surface area contributed by atoms with Crippen molar-refractivity contribution >= 4 is 116 Å². The van der Waals surface area contributed by atoms with Crippen LogP contribution in [0.15, 0.2) is 121 Å². The number of thiocarbonyl (C=S) groups is 2. The van der Waals surface area contributed by atoms with E-state index in [0.717, 1.165) is 57.3 Å². The van der Waals surface area contributed by atoms with Gasteiger partial charge in [0.05, 0.1) is 38.3 Å². The molecule has 6 aromatic carbocycles. The van der Waals surface area contributed by atoms with E-state index in [9.17, 15) is 24.3 Å². The topological polar surface area (TPSA) is 146 Å². The Bertz CT molecular complexity index is 2820. The highest BCUT2D eigenvalue weighted by atomic mass is 35.5. The molecular formula is C53H50Cl4N4O6S2. The second-order valence-corrected chi connectivity index (χ2v) is 18.2. The zero-order chi connectivity index (χ0) is 50.4. The number of aryl methyl sites for hydroxylation is 4. The molecule has 5 N–H and O–H groups in total. The third-order valence-corrected chi connectivity index (χ3v) is 12.9. The number of carboxylic acid groups (broad SMARTS) is 1. The molecule has 6 rings (SSSR count). The maximum Gasteiger partial charge on any atom is 0.328 e. The molecule has 16 heteroatoms. The number of carbonyl (C=O) groups is 4. The summed E-state index contributed by atoms with van der Waals surface area (Å²) in [6.07, 6.45) is 2.19. The number of carbonyl (C=O) groups excluding carboxylic acids is 3. The number of nitrogens with one attached hydrogen (secondary N) is 4. The van der Waals surface area contributed by atoms with Gasteiger partial charge in [0, 0.05) is 35.3 Å². The van der Waals surface area contributed by atoms with E-state index < -0.39 is 35.8 Å². The molecule has 0 fully saturated rings. The first-order valence-corrected chi connectivity index (χ1v) is 24.1. The quantitative estimate of drug-likeness (QED) is 0.0469. The molecule has 0 saturated heterocycles. The van der Waals surface area contributed by atoms with Crippen molar-refractivity contribution in [2.45, 2.75) is 65.5 Å². The van der Waals surface area contributed by atoms with Crippen LogP contribution in [0.5, 0.6) is 0 Å². The van der Waals surface area contributed by atoms with Crippen LogP contribution in [0.3, 0.4) is 0 Å². The number of aliphatic carboxylic acids is 1. The van der Waals surface area contributed by atoms with Crippen molar-refractivity contribution in [2.24, 2.45) is 0 Å². The van der Waals surface area contributed by atoms with Crippen LogP contribution in [0.1, 0.15) is 79.1 Å². The highest BCUT2D eigenvalue weighted by Gasteiger charge is 2.24. The van der Waals surface area contributed by atoms with Gasteiger partial charge in [0.25, 0.3) is 11.8 Å². The predicted octanol–water partition coefficient (Wildman–Crippen LogP) is 12.2. The molecule has 0 aliphatic heterocycles. The van der Waals surface area contributed by atoms with Crippen molar-refractivity contribution in [3.63, 3.8) is 0 Å². The number of hydrogen-bond donors (Lipinski definition) is 5. The zero-order valence-corrected chi connectivity index (χ0v) is 43.0. The molecule has 69 heavy (non-hydrogen) atoms. The third kappa shape index (κ3) is 14.6. The summed E-state index contributed by atoms with van der Waals surface area (Å²) in [4.78, 5) is 50.6. The molecule has 0 aromatic heterocycles. The Labute approximate surface area is 433 Å². The van der Waals surface area contributed by atoms with Crippen molar-refractivity contribution < 1.29 is 29.0 Å². The Morgan fingerprint density at radius 2 is 0.884 bits per heavy atom. The van der Waals surface area contributed by atoms with Gasteiger partial charge in [-0.15, -0.1) is 0 Å². The summed E-state index contributed by atoms with van der Waals surface area (Å²) in [7, 11) is 1.35. The van der Waals surface area contributed by atoms with Gasteiger partial charge in [-0.25, -0.2) is 9.59 Å². The largest absolute Gasteiger partial charge is 0.480 e. The minimum absolute atomic E-state index is 0.196. The van der Waals surface area contributed by atoms with Crippen molar-refractivity contribution in [1.82, 2.24) is 10.6 Å².